The van der Waals surface area contributed by atoms with E-state index >= 15 is 0 Å². The summed E-state index contributed by atoms with van der Waals surface area (Å²) in [4.78, 5) is 0. The summed E-state index contributed by atoms with van der Waals surface area (Å²) >= 11 is 0. The van der Waals surface area contributed by atoms with Crippen molar-refractivity contribution in [3.8, 4) is 0 Å². The van der Waals surface area contributed by atoms with Gasteiger partial charge in [0.2, 0.25) is 0 Å². The van der Waals surface area contributed by atoms with Crippen molar-refractivity contribution in [3.05, 3.63) is 127 Å². The molecule has 4 aromatic carbocycles. The Bertz CT molecular complexity index is 1070. The molecular weight excluding hydrogens is 499 g/mol. The molecule has 4 aromatic rings. The first kappa shape index (κ1) is 30.3. The lowest BCUT2D eigenvalue weighted by atomic mass is 10.0. The fourth-order valence-electron chi connectivity index (χ4n) is 6.41. The molecule has 0 aliphatic rings. The predicted octanol–water partition coefficient (Wildman–Crippen LogP) is 10.8. The summed E-state index contributed by atoms with van der Waals surface area (Å²) in [5.41, 5.74) is 1.93. The Morgan fingerprint density at radius 2 is 0.725 bits per heavy atom. The monoisotopic (exact) mass is 549 g/mol. The van der Waals surface area contributed by atoms with E-state index in [0.29, 0.717) is 5.66 Å². The highest BCUT2D eigenvalue weighted by molar-refractivity contribution is 7.96. The van der Waals surface area contributed by atoms with Crippen molar-refractivity contribution in [2.75, 3.05) is 0 Å². The van der Waals surface area contributed by atoms with Crippen molar-refractivity contribution in [2.24, 2.45) is 0 Å². The zero-order chi connectivity index (χ0) is 27.7. The first-order chi connectivity index (χ1) is 19.9. The van der Waals surface area contributed by atoms with Crippen molar-refractivity contribution in [2.45, 2.75) is 96.1 Å². The molecule has 0 amide bonds. The topological polar surface area (TPSA) is 0 Å². The van der Waals surface area contributed by atoms with E-state index in [4.69, 9.17) is 0 Å². The van der Waals surface area contributed by atoms with Crippen molar-refractivity contribution < 1.29 is 0 Å². The molecular formula is C39H50P+. The van der Waals surface area contributed by atoms with Gasteiger partial charge in [0.05, 0.1) is 0 Å². The fourth-order valence-corrected chi connectivity index (χ4v) is 11.5. The molecule has 0 N–H and O–H groups in total. The van der Waals surface area contributed by atoms with Crippen LogP contribution in [0.5, 0.6) is 0 Å². The largest absolute Gasteiger partial charge is 0.119 e. The highest BCUT2D eigenvalue weighted by atomic mass is 31.2. The molecule has 0 aliphatic heterocycles. The zero-order valence-electron chi connectivity index (χ0n) is 24.8. The Kier molecular flexibility index (Phi) is 13.0. The quantitative estimate of drug-likeness (QED) is 0.0855. The summed E-state index contributed by atoms with van der Waals surface area (Å²) in [7, 11) is -1.97. The van der Waals surface area contributed by atoms with E-state index in [2.05, 4.69) is 128 Å². The number of benzene rings is 4. The second-order valence-corrected chi connectivity index (χ2v) is 15.0. The van der Waals surface area contributed by atoms with Crippen LogP contribution in [0.2, 0.25) is 0 Å². The molecule has 0 saturated carbocycles. The summed E-state index contributed by atoms with van der Waals surface area (Å²) < 4.78 is 0. The summed E-state index contributed by atoms with van der Waals surface area (Å²) in [6, 6.07) is 45.7. The van der Waals surface area contributed by atoms with Gasteiger partial charge in [0, 0.05) is 0 Å². The third-order valence-electron chi connectivity index (χ3n) is 8.47. The predicted molar refractivity (Wildman–Crippen MR) is 180 cm³/mol. The Labute approximate surface area is 245 Å². The van der Waals surface area contributed by atoms with Gasteiger partial charge in [-0.3, -0.25) is 0 Å². The lowest BCUT2D eigenvalue weighted by Gasteiger charge is -2.35. The van der Waals surface area contributed by atoms with Crippen molar-refractivity contribution in [1.82, 2.24) is 0 Å². The van der Waals surface area contributed by atoms with Crippen LogP contribution in [-0.2, 0) is 0 Å². The van der Waals surface area contributed by atoms with Crippen LogP contribution in [0.4, 0.5) is 0 Å². The smallest absolute Gasteiger partial charge is 0.0654 e. The van der Waals surface area contributed by atoms with Crippen molar-refractivity contribution in [3.63, 3.8) is 0 Å². The molecule has 0 saturated heterocycles. The highest BCUT2D eigenvalue weighted by Crippen LogP contribution is 2.68. The molecule has 0 nitrogen and oxygen atoms in total. The van der Waals surface area contributed by atoms with Crippen LogP contribution in [-0.4, -0.2) is 0 Å². The Morgan fingerprint density at radius 3 is 1.10 bits per heavy atom. The van der Waals surface area contributed by atoms with Gasteiger partial charge in [0.15, 0.2) is 0 Å². The Balaban J connectivity index is 1.54. The van der Waals surface area contributed by atoms with Gasteiger partial charge in [-0.15, -0.1) is 0 Å². The van der Waals surface area contributed by atoms with Crippen LogP contribution in [0, 0.1) is 0 Å². The van der Waals surface area contributed by atoms with E-state index in [-0.39, 0.29) is 0 Å². The van der Waals surface area contributed by atoms with Crippen LogP contribution in [0.25, 0.3) is 0 Å². The molecule has 1 heteroatoms. The molecule has 0 spiro atoms. The minimum Gasteiger partial charge on any atom is -0.0654 e. The van der Waals surface area contributed by atoms with Crippen molar-refractivity contribution in [1.29, 1.82) is 0 Å². The van der Waals surface area contributed by atoms with E-state index in [9.17, 15) is 0 Å². The molecule has 0 radical (unpaired) electrons. The Hall–Kier alpha value is -2.69. The number of rotatable bonds is 18. The van der Waals surface area contributed by atoms with Gasteiger partial charge in [-0.25, -0.2) is 0 Å². The standard InChI is InChI=1S/C39H50P/c1-2-3-4-5-6-7-8-9-10-11-12-25-34-39(35-26-17-13-18-27-35)40(36-28-19-14-20-29-36,37-30-21-15-22-31-37)38-32-23-16-24-33-38/h13-24,26-33,39H,2-12,25,34H2,1H3/q+1. The van der Waals surface area contributed by atoms with E-state index in [1.165, 1.54) is 105 Å². The molecule has 1 atom stereocenters. The molecule has 1 unspecified atom stereocenters. The SMILES string of the molecule is CCCCCCCCCCCCCCC(c1ccccc1)[P+](c1ccccc1)(c1ccccc1)c1ccccc1. The van der Waals surface area contributed by atoms with Crippen LogP contribution < -0.4 is 15.9 Å². The number of hydrogen-bond acceptors (Lipinski definition) is 0. The lowest BCUT2D eigenvalue weighted by Crippen LogP contribution is -2.35. The van der Waals surface area contributed by atoms with Gasteiger partial charge >= 0.3 is 0 Å². The van der Waals surface area contributed by atoms with Crippen LogP contribution in [0.1, 0.15) is 102 Å². The number of hydrogen-bond donors (Lipinski definition) is 0. The van der Waals surface area contributed by atoms with E-state index < -0.39 is 7.26 Å². The zero-order valence-corrected chi connectivity index (χ0v) is 25.7. The van der Waals surface area contributed by atoms with Gasteiger partial charge in [0.1, 0.15) is 28.8 Å². The maximum absolute atomic E-state index is 2.39. The molecule has 0 fully saturated rings. The molecule has 210 valence electrons. The molecule has 4 rings (SSSR count). The third kappa shape index (κ3) is 8.17. The second-order valence-electron chi connectivity index (χ2n) is 11.3. The van der Waals surface area contributed by atoms with Crippen molar-refractivity contribution >= 4 is 23.2 Å². The van der Waals surface area contributed by atoms with Gasteiger partial charge in [-0.05, 0) is 54.8 Å². The summed E-state index contributed by atoms with van der Waals surface area (Å²) in [6.07, 6.45) is 17.9. The van der Waals surface area contributed by atoms with E-state index in [0.717, 1.165) is 0 Å². The lowest BCUT2D eigenvalue weighted by molar-refractivity contribution is 0.538. The molecule has 40 heavy (non-hydrogen) atoms. The molecule has 0 bridgehead atoms. The summed E-state index contributed by atoms with van der Waals surface area (Å²) in [6.45, 7) is 2.30. The van der Waals surface area contributed by atoms with Gasteiger partial charge in [-0.1, -0.05) is 162 Å². The second kappa shape index (κ2) is 17.2. The van der Waals surface area contributed by atoms with Crippen LogP contribution in [0.15, 0.2) is 121 Å². The van der Waals surface area contributed by atoms with E-state index in [1.807, 2.05) is 0 Å². The first-order valence-electron chi connectivity index (χ1n) is 16.0. The van der Waals surface area contributed by atoms with Crippen LogP contribution >= 0.6 is 7.26 Å². The number of unbranched alkanes of at least 4 members (excludes halogenated alkanes) is 11. The minimum atomic E-state index is -1.97. The molecule has 0 heterocycles. The molecule has 0 aliphatic carbocycles. The summed E-state index contributed by atoms with van der Waals surface area (Å²) in [5.74, 6) is 0. The van der Waals surface area contributed by atoms with Gasteiger partial charge in [0.25, 0.3) is 0 Å². The average molecular weight is 550 g/mol. The summed E-state index contributed by atoms with van der Waals surface area (Å²) in [5, 5.41) is 4.46. The highest BCUT2D eigenvalue weighted by Gasteiger charge is 2.52. The maximum atomic E-state index is 2.39. The van der Waals surface area contributed by atoms with Gasteiger partial charge < -0.3 is 0 Å². The minimum absolute atomic E-state index is 0.448. The average Bonchev–Trinajstić information content (AvgIpc) is 3.03. The maximum Gasteiger partial charge on any atom is 0.119 e. The van der Waals surface area contributed by atoms with Crippen LogP contribution in [0.3, 0.4) is 0 Å². The molecule has 0 aromatic heterocycles. The third-order valence-corrected chi connectivity index (χ3v) is 13.3. The van der Waals surface area contributed by atoms with Gasteiger partial charge in [-0.2, -0.15) is 0 Å². The van der Waals surface area contributed by atoms with E-state index in [1.54, 1.807) is 0 Å². The first-order valence-corrected chi connectivity index (χ1v) is 17.8. The normalized spacial score (nSPS) is 12.3. The Morgan fingerprint density at radius 1 is 0.400 bits per heavy atom. The fraction of sp³-hybridized carbons (Fsp3) is 0.385.